The largest absolute Gasteiger partial charge is 0.463 e. The number of ether oxygens (including phenoxy) is 2. The molecule has 0 aliphatic rings. The van der Waals surface area contributed by atoms with E-state index in [-0.39, 0.29) is 36.5 Å². The number of amides is 1. The predicted octanol–water partition coefficient (Wildman–Crippen LogP) is 1.15. The lowest BCUT2D eigenvalue weighted by Gasteiger charge is -2.27. The van der Waals surface area contributed by atoms with Crippen molar-refractivity contribution in [2.45, 2.75) is 39.3 Å². The fourth-order valence-corrected chi connectivity index (χ4v) is 1.57. The molecule has 2 N–H and O–H groups in total. The van der Waals surface area contributed by atoms with E-state index < -0.39 is 0 Å². The van der Waals surface area contributed by atoms with Crippen molar-refractivity contribution in [1.29, 1.82) is 5.41 Å². The highest BCUT2D eigenvalue weighted by Gasteiger charge is 2.17. The van der Waals surface area contributed by atoms with Gasteiger partial charge in [0.1, 0.15) is 12.4 Å². The van der Waals surface area contributed by atoms with Gasteiger partial charge in [-0.1, -0.05) is 13.8 Å². The monoisotopic (exact) mass is 313 g/mol. The second kappa shape index (κ2) is 10.8. The minimum absolute atomic E-state index is 0.0169. The van der Waals surface area contributed by atoms with Crippen molar-refractivity contribution in [2.75, 3.05) is 20.8 Å². The van der Waals surface area contributed by atoms with E-state index in [1.165, 1.54) is 6.08 Å². The van der Waals surface area contributed by atoms with Crippen molar-refractivity contribution in [3.05, 3.63) is 12.3 Å². The van der Waals surface area contributed by atoms with Gasteiger partial charge in [0.05, 0.1) is 12.0 Å². The Balaban J connectivity index is 4.34. The molecule has 126 valence electrons. The first-order valence-electron chi connectivity index (χ1n) is 7.20. The number of nitrogens with one attached hydrogen (secondary N) is 2. The molecule has 1 amide bonds. The normalized spacial score (nSPS) is 13.7. The van der Waals surface area contributed by atoms with E-state index in [4.69, 9.17) is 14.9 Å². The fraction of sp³-hybridized carbons (Fsp3) is 0.667. The van der Waals surface area contributed by atoms with Crippen molar-refractivity contribution in [3.8, 4) is 0 Å². The second-order valence-corrected chi connectivity index (χ2v) is 5.38. The lowest BCUT2D eigenvalue weighted by atomic mass is 10.1. The molecule has 0 spiro atoms. The molecular weight excluding hydrogens is 286 g/mol. The summed E-state index contributed by atoms with van der Waals surface area (Å²) in [7, 11) is 3.45. The van der Waals surface area contributed by atoms with Crippen molar-refractivity contribution < 1.29 is 19.1 Å². The van der Waals surface area contributed by atoms with Gasteiger partial charge >= 0.3 is 5.97 Å². The highest BCUT2D eigenvalue weighted by molar-refractivity contribution is 5.96. The van der Waals surface area contributed by atoms with Gasteiger partial charge in [0.2, 0.25) is 6.41 Å². The van der Waals surface area contributed by atoms with Gasteiger partial charge < -0.3 is 19.7 Å². The van der Waals surface area contributed by atoms with Crippen LogP contribution in [-0.2, 0) is 19.1 Å². The molecule has 0 saturated heterocycles. The molecule has 7 nitrogen and oxygen atoms in total. The van der Waals surface area contributed by atoms with Crippen LogP contribution in [-0.4, -0.2) is 56.0 Å². The number of carbonyl (C=O) groups is 2. The summed E-state index contributed by atoms with van der Waals surface area (Å²) in [6.45, 7) is 5.79. The molecule has 0 heterocycles. The molecule has 0 radical (unpaired) electrons. The minimum Gasteiger partial charge on any atom is -0.463 e. The maximum atomic E-state index is 11.5. The first-order valence-corrected chi connectivity index (χ1v) is 7.20. The molecule has 22 heavy (non-hydrogen) atoms. The summed E-state index contributed by atoms with van der Waals surface area (Å²) in [5.74, 6) is -0.378. The van der Waals surface area contributed by atoms with Gasteiger partial charge in [-0.05, 0) is 19.4 Å². The molecule has 0 rings (SSSR count). The summed E-state index contributed by atoms with van der Waals surface area (Å²) in [4.78, 5) is 23.6. The summed E-state index contributed by atoms with van der Waals surface area (Å²) in [6.07, 6.45) is 4.13. The molecule has 0 saturated carbocycles. The van der Waals surface area contributed by atoms with E-state index >= 15 is 0 Å². The number of esters is 1. The van der Waals surface area contributed by atoms with Crippen LogP contribution in [0.15, 0.2) is 12.3 Å². The summed E-state index contributed by atoms with van der Waals surface area (Å²) in [5, 5.41) is 9.66. The molecular formula is C15H27N3O4. The first-order chi connectivity index (χ1) is 10.3. The quantitative estimate of drug-likeness (QED) is 0.273. The van der Waals surface area contributed by atoms with Crippen LogP contribution in [0, 0.1) is 11.3 Å². The zero-order chi connectivity index (χ0) is 17.1. The molecule has 0 aliphatic carbocycles. The Morgan fingerprint density at radius 3 is 2.50 bits per heavy atom. The average molecular weight is 313 g/mol. The third-order valence-electron chi connectivity index (χ3n) is 3.21. The molecule has 0 aromatic carbocycles. The van der Waals surface area contributed by atoms with Crippen LogP contribution in [0.2, 0.25) is 0 Å². The number of amidine groups is 1. The number of hydrogen-bond donors (Lipinski definition) is 2. The Morgan fingerprint density at radius 1 is 1.36 bits per heavy atom. The average Bonchev–Trinajstić information content (AvgIpc) is 2.48. The predicted molar refractivity (Wildman–Crippen MR) is 84.5 cm³/mol. The SMILES string of the molecule is COC(COC(=O)C(C)C)CC(C)N(C)/C=C\C(=N)NC=O. The Morgan fingerprint density at radius 2 is 2.00 bits per heavy atom. The smallest absolute Gasteiger partial charge is 0.308 e. The summed E-state index contributed by atoms with van der Waals surface area (Å²) in [5.41, 5.74) is 0. The highest BCUT2D eigenvalue weighted by atomic mass is 16.6. The molecule has 0 aromatic heterocycles. The third-order valence-corrected chi connectivity index (χ3v) is 3.21. The van der Waals surface area contributed by atoms with Crippen LogP contribution in [0.4, 0.5) is 0 Å². The maximum Gasteiger partial charge on any atom is 0.308 e. The maximum absolute atomic E-state index is 11.5. The van der Waals surface area contributed by atoms with Crippen LogP contribution in [0.25, 0.3) is 0 Å². The van der Waals surface area contributed by atoms with Crippen LogP contribution in [0.5, 0.6) is 0 Å². The van der Waals surface area contributed by atoms with Crippen LogP contribution < -0.4 is 5.32 Å². The Hall–Kier alpha value is -1.89. The van der Waals surface area contributed by atoms with Crippen molar-refractivity contribution in [2.24, 2.45) is 5.92 Å². The second-order valence-electron chi connectivity index (χ2n) is 5.38. The van der Waals surface area contributed by atoms with Crippen LogP contribution in [0.3, 0.4) is 0 Å². The topological polar surface area (TPSA) is 91.7 Å². The zero-order valence-corrected chi connectivity index (χ0v) is 14.0. The van der Waals surface area contributed by atoms with Crippen LogP contribution in [0.1, 0.15) is 27.2 Å². The van der Waals surface area contributed by atoms with Crippen LogP contribution >= 0.6 is 0 Å². The lowest BCUT2D eigenvalue weighted by Crippen LogP contribution is -2.32. The third kappa shape index (κ3) is 8.41. The van der Waals surface area contributed by atoms with E-state index in [2.05, 4.69) is 5.32 Å². The number of nitrogens with zero attached hydrogens (tertiary/aromatic N) is 1. The Bertz CT molecular complexity index is 396. The van der Waals surface area contributed by atoms with Crippen molar-refractivity contribution in [3.63, 3.8) is 0 Å². The van der Waals surface area contributed by atoms with Gasteiger partial charge in [0.25, 0.3) is 0 Å². The van der Waals surface area contributed by atoms with Gasteiger partial charge in [-0.2, -0.15) is 0 Å². The molecule has 0 bridgehead atoms. The highest BCUT2D eigenvalue weighted by Crippen LogP contribution is 2.09. The molecule has 0 fully saturated rings. The van der Waals surface area contributed by atoms with Gasteiger partial charge in [-0.3, -0.25) is 15.0 Å². The van der Waals surface area contributed by atoms with E-state index in [1.807, 2.05) is 18.9 Å². The molecule has 2 unspecified atom stereocenters. The first kappa shape index (κ1) is 20.1. The van der Waals surface area contributed by atoms with Crippen molar-refractivity contribution in [1.82, 2.24) is 10.2 Å². The summed E-state index contributed by atoms with van der Waals surface area (Å²) in [6, 6.07) is 0.114. The molecule has 0 aliphatic heterocycles. The molecule has 2 atom stereocenters. The van der Waals surface area contributed by atoms with Gasteiger partial charge in [-0.25, -0.2) is 0 Å². The summed E-state index contributed by atoms with van der Waals surface area (Å²) >= 11 is 0. The van der Waals surface area contributed by atoms with Gasteiger partial charge in [0.15, 0.2) is 0 Å². The van der Waals surface area contributed by atoms with E-state index in [0.29, 0.717) is 12.8 Å². The number of carbonyl (C=O) groups excluding carboxylic acids is 2. The number of rotatable bonds is 10. The zero-order valence-electron chi connectivity index (χ0n) is 14.0. The van der Waals surface area contributed by atoms with E-state index in [0.717, 1.165) is 0 Å². The molecule has 7 heteroatoms. The van der Waals surface area contributed by atoms with E-state index in [1.54, 1.807) is 27.2 Å². The fourth-order valence-electron chi connectivity index (χ4n) is 1.57. The van der Waals surface area contributed by atoms with Crippen molar-refractivity contribution >= 4 is 18.2 Å². The lowest BCUT2D eigenvalue weighted by molar-refractivity contribution is -0.151. The van der Waals surface area contributed by atoms with Gasteiger partial charge in [0, 0.05) is 26.4 Å². The van der Waals surface area contributed by atoms with E-state index in [9.17, 15) is 9.59 Å². The number of methoxy groups -OCH3 is 1. The summed E-state index contributed by atoms with van der Waals surface area (Å²) < 4.78 is 10.5. The Labute approximate surface area is 132 Å². The standard InChI is InChI=1S/C15H27N3O4/c1-11(2)15(20)22-9-13(21-5)8-12(3)18(4)7-6-14(16)17-10-19/h6-7,10-13H,8-9H2,1-5H3,(H2,16,17,19)/b7-6-. The Kier molecular flexibility index (Phi) is 9.86. The van der Waals surface area contributed by atoms with Gasteiger partial charge in [-0.15, -0.1) is 0 Å². The number of hydrogen-bond acceptors (Lipinski definition) is 6. The minimum atomic E-state index is -0.240. The molecule has 0 aromatic rings.